The van der Waals surface area contributed by atoms with Gasteiger partial charge in [0.15, 0.2) is 11.2 Å². The van der Waals surface area contributed by atoms with Gasteiger partial charge in [0.2, 0.25) is 5.95 Å². The molecule has 3 aromatic rings. The molecule has 2 N–H and O–H groups in total. The summed E-state index contributed by atoms with van der Waals surface area (Å²) in [7, 11) is 1.63. The van der Waals surface area contributed by atoms with Gasteiger partial charge in [-0.1, -0.05) is 5.21 Å². The summed E-state index contributed by atoms with van der Waals surface area (Å²) in [6.45, 7) is 6.17. The van der Waals surface area contributed by atoms with Gasteiger partial charge in [0.1, 0.15) is 11.4 Å². The lowest BCUT2D eigenvalue weighted by atomic mass is 10.1. The van der Waals surface area contributed by atoms with Crippen LogP contribution in [0.5, 0.6) is 5.75 Å². The lowest BCUT2D eigenvalue weighted by Crippen LogP contribution is -2.35. The molecule has 0 bridgehead atoms. The van der Waals surface area contributed by atoms with E-state index < -0.39 is 5.60 Å². The number of hydrogen-bond acceptors (Lipinski definition) is 8. The van der Waals surface area contributed by atoms with Crippen LogP contribution in [-0.2, 0) is 4.74 Å². The molecular weight excluding hydrogens is 410 g/mol. The summed E-state index contributed by atoms with van der Waals surface area (Å²) in [5.74, 6) is 1.70. The van der Waals surface area contributed by atoms with E-state index in [1.165, 1.54) is 0 Å². The number of nitrogens with zero attached hydrogens (tertiary/aromatic N) is 5. The summed E-state index contributed by atoms with van der Waals surface area (Å²) in [4.78, 5) is 20.9. The topological polar surface area (TPSA) is 116 Å². The van der Waals surface area contributed by atoms with E-state index in [0.717, 1.165) is 30.7 Å². The highest BCUT2D eigenvalue weighted by Crippen LogP contribution is 2.27. The number of ether oxygens (including phenoxy) is 2. The molecule has 10 nitrogen and oxygen atoms in total. The molecular formula is C22H29N7O3. The number of rotatable bonds is 6. The molecule has 1 fully saturated rings. The number of carbonyl (C=O) groups is 1. The van der Waals surface area contributed by atoms with E-state index in [4.69, 9.17) is 9.47 Å². The molecule has 1 saturated carbocycles. The van der Waals surface area contributed by atoms with Crippen molar-refractivity contribution in [1.29, 1.82) is 0 Å². The zero-order valence-corrected chi connectivity index (χ0v) is 18.8. The average molecular weight is 440 g/mol. The number of carbonyl (C=O) groups excluding carboxylic acids is 1. The van der Waals surface area contributed by atoms with Crippen LogP contribution in [0.4, 0.5) is 10.7 Å². The highest BCUT2D eigenvalue weighted by Gasteiger charge is 2.26. The first-order chi connectivity index (χ1) is 15.3. The van der Waals surface area contributed by atoms with Crippen LogP contribution in [-0.4, -0.2) is 56.4 Å². The molecule has 0 unspecified atom stereocenters. The smallest absolute Gasteiger partial charge is 0.407 e. The van der Waals surface area contributed by atoms with E-state index in [-0.39, 0.29) is 12.1 Å². The van der Waals surface area contributed by atoms with E-state index in [2.05, 4.69) is 30.9 Å². The Kier molecular flexibility index (Phi) is 6.11. The van der Waals surface area contributed by atoms with Crippen LogP contribution in [0.25, 0.3) is 16.9 Å². The van der Waals surface area contributed by atoms with Crippen molar-refractivity contribution in [3.63, 3.8) is 0 Å². The van der Waals surface area contributed by atoms with E-state index in [1.54, 1.807) is 18.0 Å². The number of nitrogens with one attached hydrogen (secondary N) is 2. The zero-order chi connectivity index (χ0) is 22.7. The number of methoxy groups -OCH3 is 1. The van der Waals surface area contributed by atoms with Crippen LogP contribution in [0, 0.1) is 5.92 Å². The SMILES string of the molecule is COc1ccc(-n2nnc3cnc(N[C@H]4CC[C@@H](CNC(=O)OC(C)(C)C)C4)nc32)cc1. The molecule has 170 valence electrons. The normalized spacial score (nSPS) is 18.5. The summed E-state index contributed by atoms with van der Waals surface area (Å²) < 4.78 is 12.2. The summed E-state index contributed by atoms with van der Waals surface area (Å²) in [6, 6.07) is 7.78. The Hall–Kier alpha value is -3.43. The predicted molar refractivity (Wildman–Crippen MR) is 120 cm³/mol. The second-order valence-electron chi connectivity index (χ2n) is 9.00. The van der Waals surface area contributed by atoms with Crippen LogP contribution >= 0.6 is 0 Å². The minimum Gasteiger partial charge on any atom is -0.497 e. The second kappa shape index (κ2) is 8.97. The molecule has 2 aromatic heterocycles. The molecule has 0 spiro atoms. The van der Waals surface area contributed by atoms with Gasteiger partial charge in [-0.15, -0.1) is 5.10 Å². The molecule has 2 atom stereocenters. The van der Waals surface area contributed by atoms with Gasteiger partial charge in [0.05, 0.1) is 19.0 Å². The first-order valence-corrected chi connectivity index (χ1v) is 10.8. The standard InChI is InChI=1S/C22H29N7O3/c1-22(2,3)32-21(30)24-12-14-5-6-15(11-14)25-20-23-13-18-19(26-20)29(28-27-18)16-7-9-17(31-4)10-8-16/h7-10,13-15H,5-6,11-12H2,1-4H3,(H,24,30)(H,23,25,26)/t14-,15+/m1/s1. The van der Waals surface area contributed by atoms with Gasteiger partial charge in [-0.25, -0.2) is 9.78 Å². The molecule has 1 aliphatic rings. The van der Waals surface area contributed by atoms with E-state index >= 15 is 0 Å². The van der Waals surface area contributed by atoms with E-state index in [0.29, 0.717) is 29.6 Å². The Morgan fingerprint density at radius 2 is 2.00 bits per heavy atom. The summed E-state index contributed by atoms with van der Waals surface area (Å²) in [5, 5.41) is 14.7. The average Bonchev–Trinajstić information content (AvgIpc) is 3.38. The Balaban J connectivity index is 1.38. The van der Waals surface area contributed by atoms with Gasteiger partial charge < -0.3 is 20.1 Å². The Bertz CT molecular complexity index is 1080. The van der Waals surface area contributed by atoms with Crippen molar-refractivity contribution in [2.24, 2.45) is 5.92 Å². The summed E-state index contributed by atoms with van der Waals surface area (Å²) >= 11 is 0. The third kappa shape index (κ3) is 5.24. The quantitative estimate of drug-likeness (QED) is 0.601. The molecule has 0 aliphatic heterocycles. The Labute approximate surface area is 186 Å². The van der Waals surface area contributed by atoms with Crippen molar-refractivity contribution in [3.8, 4) is 11.4 Å². The number of amides is 1. The van der Waals surface area contributed by atoms with Gasteiger partial charge >= 0.3 is 6.09 Å². The second-order valence-corrected chi connectivity index (χ2v) is 9.00. The molecule has 1 amide bonds. The molecule has 0 radical (unpaired) electrons. The van der Waals surface area contributed by atoms with Crippen LogP contribution in [0.1, 0.15) is 40.0 Å². The van der Waals surface area contributed by atoms with Gasteiger partial charge in [0, 0.05) is 12.6 Å². The fourth-order valence-electron chi connectivity index (χ4n) is 3.81. The lowest BCUT2D eigenvalue weighted by Gasteiger charge is -2.20. The summed E-state index contributed by atoms with van der Waals surface area (Å²) in [6.07, 6.45) is 4.22. The number of hydrogen-bond donors (Lipinski definition) is 2. The molecule has 1 aliphatic carbocycles. The third-order valence-electron chi connectivity index (χ3n) is 5.32. The van der Waals surface area contributed by atoms with Crippen molar-refractivity contribution < 1.29 is 14.3 Å². The predicted octanol–water partition coefficient (Wildman–Crippen LogP) is 3.32. The Morgan fingerprint density at radius 3 is 2.72 bits per heavy atom. The molecule has 1 aromatic carbocycles. The number of alkyl carbamates (subject to hydrolysis) is 1. The first kappa shape index (κ1) is 21.8. The minimum atomic E-state index is -0.493. The highest BCUT2D eigenvalue weighted by atomic mass is 16.6. The molecule has 2 heterocycles. The maximum absolute atomic E-state index is 11.9. The van der Waals surface area contributed by atoms with Gasteiger partial charge in [-0.2, -0.15) is 9.67 Å². The van der Waals surface area contributed by atoms with Crippen LogP contribution in [0.3, 0.4) is 0 Å². The molecule has 32 heavy (non-hydrogen) atoms. The van der Waals surface area contributed by atoms with Gasteiger partial charge in [-0.05, 0) is 70.2 Å². The maximum atomic E-state index is 11.9. The monoisotopic (exact) mass is 439 g/mol. The first-order valence-electron chi connectivity index (χ1n) is 10.8. The van der Waals surface area contributed by atoms with Crippen molar-refractivity contribution in [2.75, 3.05) is 19.0 Å². The number of fused-ring (bicyclic) bond motifs is 1. The number of anilines is 1. The lowest BCUT2D eigenvalue weighted by molar-refractivity contribution is 0.0519. The molecule has 0 saturated heterocycles. The van der Waals surface area contributed by atoms with Crippen LogP contribution in [0.15, 0.2) is 30.5 Å². The number of aromatic nitrogens is 5. The van der Waals surface area contributed by atoms with E-state index in [1.807, 2.05) is 45.0 Å². The minimum absolute atomic E-state index is 0.239. The maximum Gasteiger partial charge on any atom is 0.407 e. The number of benzene rings is 1. The van der Waals surface area contributed by atoms with Crippen molar-refractivity contribution in [1.82, 2.24) is 30.3 Å². The molecule has 10 heteroatoms. The summed E-state index contributed by atoms with van der Waals surface area (Å²) in [5.41, 5.74) is 1.60. The van der Waals surface area contributed by atoms with Crippen LogP contribution < -0.4 is 15.4 Å². The van der Waals surface area contributed by atoms with Crippen molar-refractivity contribution in [3.05, 3.63) is 30.5 Å². The molecule has 4 rings (SSSR count). The van der Waals surface area contributed by atoms with Crippen molar-refractivity contribution in [2.45, 2.75) is 51.7 Å². The van der Waals surface area contributed by atoms with Gasteiger partial charge in [-0.3, -0.25) is 0 Å². The van der Waals surface area contributed by atoms with Crippen molar-refractivity contribution >= 4 is 23.2 Å². The van der Waals surface area contributed by atoms with Gasteiger partial charge in [0.25, 0.3) is 0 Å². The zero-order valence-electron chi connectivity index (χ0n) is 18.8. The fraction of sp³-hybridized carbons (Fsp3) is 0.500. The Morgan fingerprint density at radius 1 is 1.22 bits per heavy atom. The van der Waals surface area contributed by atoms with E-state index in [9.17, 15) is 4.79 Å². The fourth-order valence-corrected chi connectivity index (χ4v) is 3.81. The third-order valence-corrected chi connectivity index (χ3v) is 5.32. The largest absolute Gasteiger partial charge is 0.497 e. The highest BCUT2D eigenvalue weighted by molar-refractivity contribution is 5.72. The van der Waals surface area contributed by atoms with Crippen LogP contribution in [0.2, 0.25) is 0 Å².